The van der Waals surface area contributed by atoms with E-state index in [1.807, 2.05) is 50.3 Å². The van der Waals surface area contributed by atoms with Gasteiger partial charge in [0.25, 0.3) is 31.4 Å². The van der Waals surface area contributed by atoms with Crippen molar-refractivity contribution in [3.63, 3.8) is 0 Å². The van der Waals surface area contributed by atoms with Crippen LogP contribution >= 0.6 is 22.6 Å². The van der Waals surface area contributed by atoms with Gasteiger partial charge >= 0.3 is 0 Å². The number of methoxy groups -OCH3 is 2. The largest absolute Gasteiger partial charge is 0.493 e. The van der Waals surface area contributed by atoms with Gasteiger partial charge in [-0.25, -0.2) is 13.2 Å². The Morgan fingerprint density at radius 2 is 1.13 bits per heavy atom. The maximum Gasteiger partial charge on any atom is 0.283 e. The van der Waals surface area contributed by atoms with E-state index in [1.165, 1.54) is 62.8 Å². The third kappa shape index (κ3) is 18.0. The number of halogens is 1. The molecule has 0 saturated heterocycles. The van der Waals surface area contributed by atoms with Gasteiger partial charge in [-0.2, -0.15) is 18.4 Å². The van der Waals surface area contributed by atoms with Gasteiger partial charge in [0, 0.05) is 28.7 Å². The third-order valence-corrected chi connectivity index (χ3v) is 10.3. The van der Waals surface area contributed by atoms with Crippen molar-refractivity contribution in [2.75, 3.05) is 27.4 Å². The van der Waals surface area contributed by atoms with Gasteiger partial charge in [0.2, 0.25) is 0 Å². The summed E-state index contributed by atoms with van der Waals surface area (Å²) in [4.78, 5) is 35.8. The molecule has 0 aliphatic carbocycles. The number of carbonyl (C=O) groups excluding carboxylic acids is 1. The average Bonchev–Trinajstić information content (AvgIpc) is 3.24. The average molecular weight is 1010 g/mol. The van der Waals surface area contributed by atoms with Crippen molar-refractivity contribution in [1.29, 1.82) is 0 Å². The van der Waals surface area contributed by atoms with Gasteiger partial charge in [-0.15, -0.1) is 6.42 Å². The quantitative estimate of drug-likeness (QED) is 0.0123. The molecule has 62 heavy (non-hydrogen) atoms. The second-order valence-corrected chi connectivity index (χ2v) is 16.4. The summed E-state index contributed by atoms with van der Waals surface area (Å²) in [6.07, 6.45) is 9.64. The summed E-state index contributed by atoms with van der Waals surface area (Å²) in [7, 11) is -4.60. The minimum atomic E-state index is -3.89. The zero-order valence-corrected chi connectivity index (χ0v) is 38.6. The van der Waals surface area contributed by atoms with Gasteiger partial charge in [-0.3, -0.25) is 30.9 Å². The summed E-state index contributed by atoms with van der Waals surface area (Å²) < 4.78 is 70.2. The number of hydrogen-bond acceptors (Lipinski definition) is 15. The first-order valence-electron chi connectivity index (χ1n) is 18.3. The van der Waals surface area contributed by atoms with Gasteiger partial charge in [0.05, 0.1) is 76.5 Å². The van der Waals surface area contributed by atoms with Gasteiger partial charge in [-0.1, -0.05) is 62.1 Å². The Bertz CT molecular complexity index is 2380. The molecule has 4 rings (SSSR count). The van der Waals surface area contributed by atoms with Crippen LogP contribution < -0.4 is 34.5 Å². The number of hydrogen-bond donors (Lipinski definition) is 3. The third-order valence-electron chi connectivity index (χ3n) is 7.85. The van der Waals surface area contributed by atoms with Crippen LogP contribution in [0.1, 0.15) is 66.6 Å². The summed E-state index contributed by atoms with van der Waals surface area (Å²) in [5, 5.41) is 25.8. The minimum absolute atomic E-state index is 0.0210. The van der Waals surface area contributed by atoms with Crippen LogP contribution in [0.25, 0.3) is 0 Å². The van der Waals surface area contributed by atoms with E-state index in [0.717, 1.165) is 43.0 Å². The SMILES string of the molecule is C#CI.CCCCOc1cc(/C=N/NS(=O)(=O)c2ccc(C)cc2)c([N+](=O)[O-])cc1OC.CCCCOc1cc(C=O)c([N+](=O)[O-])cc1OC.Cc1ccc(S(=O)(=O)NN)cc1. The number of rotatable bonds is 19. The van der Waals surface area contributed by atoms with Crippen molar-refractivity contribution in [3.8, 4) is 33.3 Å². The van der Waals surface area contributed by atoms with Gasteiger partial charge in [0.1, 0.15) is 0 Å². The van der Waals surface area contributed by atoms with Crippen molar-refractivity contribution >= 4 is 66.5 Å². The summed E-state index contributed by atoms with van der Waals surface area (Å²) in [5.41, 5.74) is 1.40. The maximum absolute atomic E-state index is 12.3. The van der Waals surface area contributed by atoms with Crippen molar-refractivity contribution in [2.24, 2.45) is 10.9 Å². The highest BCUT2D eigenvalue weighted by molar-refractivity contribution is 14.1. The van der Waals surface area contributed by atoms with E-state index < -0.39 is 29.9 Å². The molecule has 0 unspecified atom stereocenters. The van der Waals surface area contributed by atoms with Crippen molar-refractivity contribution < 1.29 is 50.4 Å². The Morgan fingerprint density at radius 3 is 1.48 bits per heavy atom. The smallest absolute Gasteiger partial charge is 0.283 e. The first-order chi connectivity index (χ1) is 29.4. The monoisotopic (exact) mass is 1010 g/mol. The van der Waals surface area contributed by atoms with E-state index in [4.69, 9.17) is 24.8 Å². The van der Waals surface area contributed by atoms with E-state index in [9.17, 15) is 41.9 Å². The molecule has 336 valence electrons. The molecule has 0 saturated carbocycles. The van der Waals surface area contributed by atoms with Crippen molar-refractivity contribution in [2.45, 2.75) is 63.2 Å². The highest BCUT2D eigenvalue weighted by Crippen LogP contribution is 2.35. The minimum Gasteiger partial charge on any atom is -0.493 e. The zero-order chi connectivity index (χ0) is 46.9. The number of nitro groups is 2. The highest BCUT2D eigenvalue weighted by Gasteiger charge is 2.21. The fraction of sp³-hybridized carbons (Fsp3) is 0.300. The summed E-state index contributed by atoms with van der Waals surface area (Å²) in [5.74, 6) is 5.96. The predicted octanol–water partition coefficient (Wildman–Crippen LogP) is 7.16. The van der Waals surface area contributed by atoms with Crippen LogP contribution in [0.15, 0.2) is 87.7 Å². The van der Waals surface area contributed by atoms with Crippen LogP contribution in [0, 0.1) is 44.4 Å². The van der Waals surface area contributed by atoms with Gasteiger partial charge < -0.3 is 18.9 Å². The molecule has 0 radical (unpaired) electrons. The number of hydrazine groups is 1. The molecule has 0 aliphatic rings. The van der Waals surface area contributed by atoms with E-state index in [-0.39, 0.29) is 43.8 Å². The highest BCUT2D eigenvalue weighted by atomic mass is 127. The molecule has 0 aromatic heterocycles. The Morgan fingerprint density at radius 1 is 0.742 bits per heavy atom. The van der Waals surface area contributed by atoms with Crippen LogP contribution in [0.3, 0.4) is 0 Å². The number of nitrogens with one attached hydrogen (secondary N) is 2. The number of ether oxygens (including phenoxy) is 4. The van der Waals surface area contributed by atoms with E-state index >= 15 is 0 Å². The Kier molecular flexibility index (Phi) is 24.3. The zero-order valence-electron chi connectivity index (χ0n) is 34.8. The molecule has 0 heterocycles. The molecule has 0 fully saturated rings. The molecule has 19 nitrogen and oxygen atoms in total. The Labute approximate surface area is 374 Å². The molecular weight excluding hydrogens is 964 g/mol. The number of nitrogens with zero attached hydrogens (tertiary/aromatic N) is 3. The molecule has 4 aromatic rings. The lowest BCUT2D eigenvalue weighted by Gasteiger charge is -2.11. The second-order valence-electron chi connectivity index (χ2n) is 12.4. The summed E-state index contributed by atoms with van der Waals surface area (Å²) >= 11 is 1.82. The number of aryl methyl sites for hydroxylation is 2. The standard InChI is InChI=1S/C19H23N3O6S.C12H15NO5.C7H10N2O2S.C2HI/c1-4-5-10-28-19-11-15(17(22(23)24)12-18(19)27-3)13-20-21-29(25,26)16-8-6-14(2)7-9-16;1-3-4-5-18-12-6-9(8-14)10(13(15)16)7-11(12)17-2;1-6-2-4-7(5-3-6)12(10,11)9-8;1-2-3/h6-9,11-13,21H,4-5,10H2,1-3H3;6-8H,3-5H2,1-2H3;2-5,9H,8H2,1H3;1H/b20-13+;;;. The lowest BCUT2D eigenvalue weighted by Crippen LogP contribution is -2.30. The lowest BCUT2D eigenvalue weighted by molar-refractivity contribution is -0.385. The molecule has 0 bridgehead atoms. The fourth-order valence-electron chi connectivity index (χ4n) is 4.56. The lowest BCUT2D eigenvalue weighted by atomic mass is 10.1. The van der Waals surface area contributed by atoms with Crippen LogP contribution in [0.5, 0.6) is 23.0 Å². The van der Waals surface area contributed by atoms with E-state index in [1.54, 1.807) is 29.1 Å². The van der Waals surface area contributed by atoms with E-state index in [0.29, 0.717) is 31.0 Å². The normalized spacial score (nSPS) is 10.6. The second kappa shape index (κ2) is 27.9. The predicted molar refractivity (Wildman–Crippen MR) is 243 cm³/mol. The molecule has 4 N–H and O–H groups in total. The Balaban J connectivity index is 0.000000494. The van der Waals surface area contributed by atoms with E-state index in [2.05, 4.69) is 20.3 Å². The molecule has 0 atom stereocenters. The number of unbranched alkanes of at least 4 members (excludes halogenated alkanes) is 2. The number of benzene rings is 4. The molecule has 4 aromatic carbocycles. The van der Waals surface area contributed by atoms with Crippen molar-refractivity contribution in [3.05, 3.63) is 115 Å². The Hall–Kier alpha value is -5.87. The molecule has 0 amide bonds. The number of terminal acetylenes is 1. The number of nitrogens with two attached hydrogens (primary N) is 1. The van der Waals surface area contributed by atoms with Gasteiger partial charge in [-0.05, 0) is 60.9 Å². The van der Waals surface area contributed by atoms with Crippen LogP contribution in [-0.2, 0) is 20.0 Å². The fourth-order valence-corrected chi connectivity index (χ4v) is 5.98. The number of hydrazone groups is 1. The van der Waals surface area contributed by atoms with Crippen LogP contribution in [-0.4, -0.2) is 66.6 Å². The first kappa shape index (κ1) is 54.1. The number of carbonyl (C=O) groups is 1. The van der Waals surface area contributed by atoms with Gasteiger partial charge in [0.15, 0.2) is 29.3 Å². The summed E-state index contributed by atoms with van der Waals surface area (Å²) in [6.45, 7) is 8.64. The molecule has 22 heteroatoms. The summed E-state index contributed by atoms with van der Waals surface area (Å²) in [6, 6.07) is 17.8. The molecular formula is C40H49IN6O13S2. The number of aldehydes is 1. The first-order valence-corrected chi connectivity index (χ1v) is 22.3. The number of sulfonamides is 2. The van der Waals surface area contributed by atoms with Crippen molar-refractivity contribution in [1.82, 2.24) is 9.66 Å². The number of nitro benzene ring substituents is 2. The topological polar surface area (TPSA) is 271 Å². The van der Waals surface area contributed by atoms with Crippen LogP contribution in [0.2, 0.25) is 0 Å². The molecule has 0 aliphatic heterocycles. The van der Waals surface area contributed by atoms with Crippen LogP contribution in [0.4, 0.5) is 11.4 Å². The maximum atomic E-state index is 12.3. The molecule has 0 spiro atoms.